The zero-order chi connectivity index (χ0) is 52.0. The number of ether oxygens (including phenoxy) is 4. The fourth-order valence-corrected chi connectivity index (χ4v) is 11.8. The number of carbonyl (C=O) groups is 4. The van der Waals surface area contributed by atoms with Crippen LogP contribution in [-0.4, -0.2) is 160 Å². The van der Waals surface area contributed by atoms with Crippen molar-refractivity contribution in [3.8, 4) is 0 Å². The van der Waals surface area contributed by atoms with Crippen molar-refractivity contribution in [3.63, 3.8) is 0 Å². The minimum atomic E-state index is -0.223. The quantitative estimate of drug-likeness (QED) is 0.0249. The number of carbonyl (C=O) groups excluding carboxylic acids is 4. The summed E-state index contributed by atoms with van der Waals surface area (Å²) < 4.78 is 22.5. The first-order valence-corrected chi connectivity index (χ1v) is 32.5. The van der Waals surface area contributed by atoms with Crippen LogP contribution in [0, 0.1) is 11.8 Å². The van der Waals surface area contributed by atoms with Crippen LogP contribution in [0.2, 0.25) is 0 Å². The van der Waals surface area contributed by atoms with Crippen LogP contribution in [0.4, 0.5) is 0 Å². The molecule has 0 radical (unpaired) electrons. The van der Waals surface area contributed by atoms with Gasteiger partial charge in [-0.25, -0.2) is 0 Å². The third kappa shape index (κ3) is 38.9. The highest BCUT2D eigenvalue weighted by molar-refractivity contribution is 8.76. The van der Waals surface area contributed by atoms with Crippen molar-refractivity contribution in [2.24, 2.45) is 11.8 Å². The topological polar surface area (TPSA) is 118 Å². The van der Waals surface area contributed by atoms with Gasteiger partial charge in [0.15, 0.2) is 0 Å². The third-order valence-corrected chi connectivity index (χ3v) is 17.0. The number of hydrogen-bond donors (Lipinski definition) is 0. The van der Waals surface area contributed by atoms with Gasteiger partial charge in [-0.15, -0.1) is 0 Å². The van der Waals surface area contributed by atoms with Crippen molar-refractivity contribution in [2.45, 2.75) is 220 Å². The molecular weight excluding hydrogens is 945 g/mol. The molecule has 0 amide bonds. The molecule has 0 aromatic carbocycles. The molecule has 2 saturated heterocycles. The average molecular weight is 1060 g/mol. The maximum atomic E-state index is 12.5. The highest BCUT2D eigenvalue weighted by atomic mass is 33.1. The third-order valence-electron chi connectivity index (χ3n) is 14.7. The first-order chi connectivity index (χ1) is 35.3. The molecule has 0 bridgehead atoms. The second-order valence-corrected chi connectivity index (χ2v) is 23.8. The first kappa shape index (κ1) is 66.5. The van der Waals surface area contributed by atoms with E-state index in [1.54, 1.807) is 0 Å². The van der Waals surface area contributed by atoms with E-state index in [0.717, 1.165) is 116 Å². The number of hydrogen-bond acceptors (Lipinski definition) is 14. The predicted octanol–water partition coefficient (Wildman–Crippen LogP) is 12.8. The van der Waals surface area contributed by atoms with Gasteiger partial charge in [0.05, 0.1) is 13.2 Å². The molecule has 0 spiro atoms. The summed E-state index contributed by atoms with van der Waals surface area (Å²) in [5.41, 5.74) is 0. The van der Waals surface area contributed by atoms with Gasteiger partial charge in [-0.05, 0) is 50.4 Å². The summed E-state index contributed by atoms with van der Waals surface area (Å²) in [5, 5.41) is 0. The molecule has 14 heteroatoms. The van der Waals surface area contributed by atoms with Gasteiger partial charge >= 0.3 is 23.9 Å². The van der Waals surface area contributed by atoms with E-state index in [4.69, 9.17) is 18.9 Å². The Kier molecular flexibility index (Phi) is 44.2. The Bertz CT molecular complexity index is 1210. The standard InChI is InChI=1S/C58H110N4O8S2/c1-5-9-13-17-19-23-29-53(27-21-15-11-7-3)51-69-57(65)33-25-31-55(63)67-47-43-59-35-39-61(40-36-59)45-49-71-72-50-46-62-41-37-60(38-42-62)44-48-68-56(64)32-26-34-58(66)70-52-54(28-22-16-12-8-4)30-24-20-18-14-10-6-2/h53-54H,5-52H2,1-4H3. The Morgan fingerprint density at radius 2 is 0.611 bits per heavy atom. The molecule has 0 saturated carbocycles. The largest absolute Gasteiger partial charge is 0.465 e. The lowest BCUT2D eigenvalue weighted by atomic mass is 9.95. The fraction of sp³-hybridized carbons (Fsp3) is 0.931. The summed E-state index contributed by atoms with van der Waals surface area (Å²) in [6.07, 6.45) is 32.0. The molecule has 422 valence electrons. The van der Waals surface area contributed by atoms with Gasteiger partial charge in [0.25, 0.3) is 0 Å². The molecule has 0 aromatic heterocycles. The normalized spacial score (nSPS) is 15.9. The van der Waals surface area contributed by atoms with Gasteiger partial charge in [-0.3, -0.25) is 38.8 Å². The summed E-state index contributed by atoms with van der Waals surface area (Å²) in [7, 11) is 3.94. The van der Waals surface area contributed by atoms with Crippen LogP contribution in [0.15, 0.2) is 0 Å². The van der Waals surface area contributed by atoms with E-state index < -0.39 is 0 Å². The maximum Gasteiger partial charge on any atom is 0.305 e. The molecule has 2 rings (SSSR count). The van der Waals surface area contributed by atoms with Gasteiger partial charge in [-0.2, -0.15) is 0 Å². The Balaban J connectivity index is 1.42. The minimum Gasteiger partial charge on any atom is -0.465 e. The van der Waals surface area contributed by atoms with E-state index >= 15 is 0 Å². The molecule has 12 nitrogen and oxygen atoms in total. The lowest BCUT2D eigenvalue weighted by molar-refractivity contribution is -0.148. The Hall–Kier alpha value is -1.58. The smallest absolute Gasteiger partial charge is 0.305 e. The van der Waals surface area contributed by atoms with Crippen LogP contribution >= 0.6 is 21.6 Å². The van der Waals surface area contributed by atoms with Crippen LogP contribution in [0.1, 0.15) is 220 Å². The predicted molar refractivity (Wildman–Crippen MR) is 303 cm³/mol. The maximum absolute atomic E-state index is 12.5. The van der Waals surface area contributed by atoms with Crippen molar-refractivity contribution >= 4 is 45.5 Å². The molecular formula is C58H110N4O8S2. The summed E-state index contributed by atoms with van der Waals surface area (Å²) in [6, 6.07) is 0. The highest BCUT2D eigenvalue weighted by Crippen LogP contribution is 2.23. The Labute approximate surface area is 449 Å². The molecule has 2 fully saturated rings. The van der Waals surface area contributed by atoms with Crippen LogP contribution < -0.4 is 0 Å². The van der Waals surface area contributed by atoms with E-state index in [1.165, 1.54) is 128 Å². The molecule has 0 N–H and O–H groups in total. The minimum absolute atomic E-state index is 0.186. The van der Waals surface area contributed by atoms with Crippen molar-refractivity contribution in [3.05, 3.63) is 0 Å². The zero-order valence-corrected chi connectivity index (χ0v) is 48.6. The summed E-state index contributed by atoms with van der Waals surface area (Å²) in [5.74, 6) is 2.32. The van der Waals surface area contributed by atoms with Crippen molar-refractivity contribution < 1.29 is 38.1 Å². The summed E-state index contributed by atoms with van der Waals surface area (Å²) in [6.45, 7) is 22.6. The summed E-state index contributed by atoms with van der Waals surface area (Å²) >= 11 is 0. The molecule has 2 unspecified atom stereocenters. The van der Waals surface area contributed by atoms with Gasteiger partial charge < -0.3 is 18.9 Å². The van der Waals surface area contributed by atoms with E-state index in [0.29, 0.717) is 51.1 Å². The number of esters is 4. The van der Waals surface area contributed by atoms with Crippen LogP contribution in [-0.2, 0) is 38.1 Å². The molecule has 2 heterocycles. The molecule has 2 atom stereocenters. The lowest BCUT2D eigenvalue weighted by Gasteiger charge is -2.34. The molecule has 2 aliphatic rings. The van der Waals surface area contributed by atoms with Gasteiger partial charge in [0, 0.05) is 116 Å². The molecule has 0 aromatic rings. The van der Waals surface area contributed by atoms with E-state index in [2.05, 4.69) is 47.3 Å². The Morgan fingerprint density at radius 3 is 0.931 bits per heavy atom. The van der Waals surface area contributed by atoms with Crippen LogP contribution in [0.25, 0.3) is 0 Å². The van der Waals surface area contributed by atoms with Crippen molar-refractivity contribution in [1.82, 2.24) is 19.6 Å². The van der Waals surface area contributed by atoms with Crippen molar-refractivity contribution in [1.29, 1.82) is 0 Å². The van der Waals surface area contributed by atoms with Crippen LogP contribution in [0.3, 0.4) is 0 Å². The fourth-order valence-electron chi connectivity index (χ4n) is 9.73. The number of unbranched alkanes of at least 4 members (excludes halogenated alkanes) is 16. The zero-order valence-electron chi connectivity index (χ0n) is 47.0. The molecule has 0 aliphatic carbocycles. The second kappa shape index (κ2) is 47.8. The van der Waals surface area contributed by atoms with E-state index in [-0.39, 0.29) is 49.6 Å². The first-order valence-electron chi connectivity index (χ1n) is 30.0. The Morgan fingerprint density at radius 1 is 0.347 bits per heavy atom. The number of rotatable bonds is 49. The van der Waals surface area contributed by atoms with Crippen molar-refractivity contribution in [2.75, 3.05) is 116 Å². The van der Waals surface area contributed by atoms with E-state index in [1.807, 2.05) is 21.6 Å². The second-order valence-electron chi connectivity index (χ2n) is 21.1. The monoisotopic (exact) mass is 1050 g/mol. The van der Waals surface area contributed by atoms with Gasteiger partial charge in [-0.1, -0.05) is 178 Å². The molecule has 72 heavy (non-hydrogen) atoms. The average Bonchev–Trinajstić information content (AvgIpc) is 3.38. The molecule has 2 aliphatic heterocycles. The van der Waals surface area contributed by atoms with Gasteiger partial charge in [0.1, 0.15) is 13.2 Å². The lowest BCUT2D eigenvalue weighted by Crippen LogP contribution is -2.48. The number of nitrogens with zero attached hydrogens (tertiary/aromatic N) is 4. The van der Waals surface area contributed by atoms with E-state index in [9.17, 15) is 19.2 Å². The highest BCUT2D eigenvalue weighted by Gasteiger charge is 2.20. The van der Waals surface area contributed by atoms with Gasteiger partial charge in [0.2, 0.25) is 0 Å². The summed E-state index contributed by atoms with van der Waals surface area (Å²) in [4.78, 5) is 59.6. The van der Waals surface area contributed by atoms with Crippen LogP contribution in [0.5, 0.6) is 0 Å². The SMILES string of the molecule is CCCCCCCCC(CCCCCC)COC(=O)CCCC(=O)OCCN1CCN(CCSSCCN2CCN(CCOC(=O)CCCC(=O)OCC(CCCCCC)CCCCCCCC)CC2)CC1. The number of piperazine rings is 2.